The number of aliphatic imine (C=N–C) groups is 1. The molecule has 2 N–H and O–H groups in total. The molecule has 0 amide bonds. The van der Waals surface area contributed by atoms with Crippen molar-refractivity contribution in [3.63, 3.8) is 0 Å². The van der Waals surface area contributed by atoms with Crippen molar-refractivity contribution in [3.05, 3.63) is 48.0 Å². The van der Waals surface area contributed by atoms with E-state index in [1.54, 1.807) is 4.68 Å². The van der Waals surface area contributed by atoms with Crippen LogP contribution in [0, 0.1) is 0 Å². The molecule has 1 aromatic carbocycles. The molecule has 0 aliphatic heterocycles. The normalized spacial score (nSPS) is 12.8. The second kappa shape index (κ2) is 10.5. The summed E-state index contributed by atoms with van der Waals surface area (Å²) in [5.41, 5.74) is 1.08. The fourth-order valence-electron chi connectivity index (χ4n) is 2.35. The molecule has 8 nitrogen and oxygen atoms in total. The van der Waals surface area contributed by atoms with Crippen LogP contribution in [0.4, 0.5) is 0 Å². The molecule has 1 heterocycles. The average molecular weight is 360 g/mol. The lowest BCUT2D eigenvalue weighted by Gasteiger charge is -2.22. The molecule has 8 heteroatoms. The number of aryl methyl sites for hydroxylation is 1. The molecule has 0 aliphatic carbocycles. The largest absolute Gasteiger partial charge is 0.389 e. The number of aromatic nitrogens is 3. The molecule has 0 radical (unpaired) electrons. The highest BCUT2D eigenvalue weighted by atomic mass is 16.5. The van der Waals surface area contributed by atoms with Gasteiger partial charge in [0.15, 0.2) is 5.96 Å². The fraction of sp³-hybridized carbons (Fsp3) is 0.500. The number of hydrogen-bond acceptors (Lipinski definition) is 5. The van der Waals surface area contributed by atoms with Crippen LogP contribution in [-0.2, 0) is 24.9 Å². The molecule has 1 atom stereocenters. The van der Waals surface area contributed by atoms with E-state index in [0.29, 0.717) is 19.1 Å². The van der Waals surface area contributed by atoms with E-state index in [9.17, 15) is 5.11 Å². The summed E-state index contributed by atoms with van der Waals surface area (Å²) in [5.74, 6) is 1.54. The summed E-state index contributed by atoms with van der Waals surface area (Å²) in [4.78, 5) is 10.7. The predicted octanol–water partition coefficient (Wildman–Crippen LogP) is 0.790. The van der Waals surface area contributed by atoms with Crippen LogP contribution >= 0.6 is 0 Å². The van der Waals surface area contributed by atoms with E-state index in [4.69, 9.17) is 4.74 Å². The summed E-state index contributed by atoms with van der Waals surface area (Å²) in [7, 11) is 3.78. The summed E-state index contributed by atoms with van der Waals surface area (Å²) in [6.45, 7) is 4.30. The lowest BCUT2D eigenvalue weighted by molar-refractivity contribution is 0.0330. The first-order valence-corrected chi connectivity index (χ1v) is 8.72. The highest BCUT2D eigenvalue weighted by Crippen LogP contribution is 2.02. The van der Waals surface area contributed by atoms with Gasteiger partial charge in [0, 0.05) is 20.6 Å². The number of hydrogen-bond donors (Lipinski definition) is 2. The molecule has 142 valence electrons. The number of rotatable bonds is 9. The number of nitrogens with one attached hydrogen (secondary N) is 1. The van der Waals surface area contributed by atoms with Gasteiger partial charge in [0.2, 0.25) is 0 Å². The van der Waals surface area contributed by atoms with E-state index in [0.717, 1.165) is 17.9 Å². The number of guanidine groups is 1. The predicted molar refractivity (Wildman–Crippen MR) is 101 cm³/mol. The Morgan fingerprint density at radius 3 is 2.81 bits per heavy atom. The number of aliphatic hydroxyl groups excluding tert-OH is 1. The summed E-state index contributed by atoms with van der Waals surface area (Å²) >= 11 is 0. The Hall–Kier alpha value is -2.45. The van der Waals surface area contributed by atoms with Crippen molar-refractivity contribution in [2.75, 3.05) is 26.7 Å². The highest BCUT2D eigenvalue weighted by Gasteiger charge is 2.11. The Labute approximate surface area is 154 Å². The van der Waals surface area contributed by atoms with Gasteiger partial charge in [0.1, 0.15) is 12.2 Å². The molecule has 0 aliphatic rings. The standard InChI is InChI=1S/C18H28N6O2/c1-4-19-18(23(2)11-17-21-14-22-24(17)3)20-10-16(25)13-26-12-15-8-6-5-7-9-15/h5-9,14,16,25H,4,10-13H2,1-3H3,(H,19,20). The maximum absolute atomic E-state index is 10.1. The lowest BCUT2D eigenvalue weighted by atomic mass is 10.2. The fourth-order valence-corrected chi connectivity index (χ4v) is 2.35. The first-order chi connectivity index (χ1) is 12.6. The van der Waals surface area contributed by atoms with E-state index in [1.165, 1.54) is 6.33 Å². The smallest absolute Gasteiger partial charge is 0.194 e. The van der Waals surface area contributed by atoms with Gasteiger partial charge in [-0.15, -0.1) is 0 Å². The Morgan fingerprint density at radius 1 is 1.38 bits per heavy atom. The summed E-state index contributed by atoms with van der Waals surface area (Å²) in [6, 6.07) is 9.89. The maximum Gasteiger partial charge on any atom is 0.194 e. The number of benzene rings is 1. The Morgan fingerprint density at radius 2 is 2.15 bits per heavy atom. The molecule has 26 heavy (non-hydrogen) atoms. The van der Waals surface area contributed by atoms with Crippen LogP contribution < -0.4 is 5.32 Å². The zero-order chi connectivity index (χ0) is 18.8. The third-order valence-electron chi connectivity index (χ3n) is 3.75. The van der Waals surface area contributed by atoms with E-state index in [2.05, 4.69) is 20.4 Å². The third-order valence-corrected chi connectivity index (χ3v) is 3.75. The van der Waals surface area contributed by atoms with E-state index < -0.39 is 6.10 Å². The number of ether oxygens (including phenoxy) is 1. The van der Waals surface area contributed by atoms with Crippen LogP contribution in [0.3, 0.4) is 0 Å². The van der Waals surface area contributed by atoms with Gasteiger partial charge in [-0.05, 0) is 12.5 Å². The van der Waals surface area contributed by atoms with Crippen LogP contribution in [-0.4, -0.2) is 63.6 Å². The van der Waals surface area contributed by atoms with Crippen molar-refractivity contribution in [2.24, 2.45) is 12.0 Å². The van der Waals surface area contributed by atoms with Crippen molar-refractivity contribution in [2.45, 2.75) is 26.2 Å². The number of nitrogens with zero attached hydrogens (tertiary/aromatic N) is 5. The van der Waals surface area contributed by atoms with Crippen molar-refractivity contribution in [3.8, 4) is 0 Å². The minimum atomic E-state index is -0.657. The van der Waals surface area contributed by atoms with Crippen LogP contribution in [0.2, 0.25) is 0 Å². The van der Waals surface area contributed by atoms with E-state index in [-0.39, 0.29) is 13.2 Å². The van der Waals surface area contributed by atoms with Gasteiger partial charge in [-0.25, -0.2) is 4.98 Å². The van der Waals surface area contributed by atoms with Crippen molar-refractivity contribution >= 4 is 5.96 Å². The minimum Gasteiger partial charge on any atom is -0.389 e. The maximum atomic E-state index is 10.1. The number of aliphatic hydroxyl groups is 1. The van der Waals surface area contributed by atoms with Crippen LogP contribution in [0.25, 0.3) is 0 Å². The van der Waals surface area contributed by atoms with Crippen LogP contribution in [0.15, 0.2) is 41.7 Å². The Kier molecular flexibility index (Phi) is 8.04. The third kappa shape index (κ3) is 6.45. The minimum absolute atomic E-state index is 0.241. The molecular formula is C18H28N6O2. The Bertz CT molecular complexity index is 673. The van der Waals surface area contributed by atoms with Gasteiger partial charge in [0.25, 0.3) is 0 Å². The van der Waals surface area contributed by atoms with Gasteiger partial charge in [-0.2, -0.15) is 5.10 Å². The lowest BCUT2D eigenvalue weighted by Crippen LogP contribution is -2.39. The second-order valence-corrected chi connectivity index (χ2v) is 6.01. The molecule has 1 unspecified atom stereocenters. The van der Waals surface area contributed by atoms with Crippen LogP contribution in [0.1, 0.15) is 18.3 Å². The van der Waals surface area contributed by atoms with E-state index in [1.807, 2.05) is 56.3 Å². The first kappa shape index (κ1) is 19.9. The van der Waals surface area contributed by atoms with Crippen LogP contribution in [0.5, 0.6) is 0 Å². The quantitative estimate of drug-likeness (QED) is 0.508. The molecule has 0 spiro atoms. The van der Waals surface area contributed by atoms with Gasteiger partial charge < -0.3 is 20.1 Å². The molecule has 0 saturated heterocycles. The summed E-state index contributed by atoms with van der Waals surface area (Å²) in [6.07, 6.45) is 0.872. The van der Waals surface area contributed by atoms with Crippen molar-refractivity contribution in [1.29, 1.82) is 0 Å². The second-order valence-electron chi connectivity index (χ2n) is 6.01. The van der Waals surface area contributed by atoms with Gasteiger partial charge in [-0.3, -0.25) is 9.67 Å². The van der Waals surface area contributed by atoms with Gasteiger partial charge in [0.05, 0.1) is 32.4 Å². The van der Waals surface area contributed by atoms with Crippen molar-refractivity contribution < 1.29 is 9.84 Å². The zero-order valence-corrected chi connectivity index (χ0v) is 15.7. The topological polar surface area (TPSA) is 87.8 Å². The highest BCUT2D eigenvalue weighted by molar-refractivity contribution is 5.79. The summed E-state index contributed by atoms with van der Waals surface area (Å²) < 4.78 is 7.29. The molecule has 2 rings (SSSR count). The van der Waals surface area contributed by atoms with Crippen molar-refractivity contribution in [1.82, 2.24) is 25.0 Å². The first-order valence-electron chi connectivity index (χ1n) is 8.72. The molecule has 0 saturated carbocycles. The Balaban J connectivity index is 1.81. The molecule has 1 aromatic heterocycles. The van der Waals surface area contributed by atoms with Gasteiger partial charge >= 0.3 is 0 Å². The zero-order valence-electron chi connectivity index (χ0n) is 15.7. The molecule has 0 bridgehead atoms. The van der Waals surface area contributed by atoms with Gasteiger partial charge in [-0.1, -0.05) is 30.3 Å². The van der Waals surface area contributed by atoms with E-state index >= 15 is 0 Å². The molecule has 2 aromatic rings. The molecular weight excluding hydrogens is 332 g/mol. The average Bonchev–Trinajstić information content (AvgIpc) is 3.04. The monoisotopic (exact) mass is 360 g/mol. The summed E-state index contributed by atoms with van der Waals surface area (Å²) in [5, 5.41) is 17.4. The SMILES string of the molecule is CCNC(=NCC(O)COCc1ccccc1)N(C)Cc1ncnn1C. The molecule has 0 fully saturated rings.